The lowest BCUT2D eigenvalue weighted by Gasteiger charge is -2.06. The number of nitrogens with zero attached hydrogens (tertiary/aromatic N) is 1. The Morgan fingerprint density at radius 1 is 1.24 bits per heavy atom. The van der Waals surface area contributed by atoms with E-state index in [1.54, 1.807) is 30.6 Å². The molecule has 2 aromatic rings. The van der Waals surface area contributed by atoms with Crippen molar-refractivity contribution in [2.75, 3.05) is 5.32 Å². The maximum Gasteiger partial charge on any atom is 0.228 e. The highest BCUT2D eigenvalue weighted by molar-refractivity contribution is 6.09. The molecule has 0 spiro atoms. The van der Waals surface area contributed by atoms with E-state index in [-0.39, 0.29) is 12.3 Å². The quantitative estimate of drug-likeness (QED) is 0.581. The van der Waals surface area contributed by atoms with Crippen LogP contribution in [0.3, 0.4) is 0 Å². The molecule has 1 amide bonds. The average molecular weight is 335 g/mol. The molecule has 0 aliphatic heterocycles. The summed E-state index contributed by atoms with van der Waals surface area (Å²) < 4.78 is 0. The summed E-state index contributed by atoms with van der Waals surface area (Å²) in [6.45, 7) is 0.472. The van der Waals surface area contributed by atoms with Crippen molar-refractivity contribution in [1.29, 1.82) is 5.41 Å². The maximum atomic E-state index is 12.0. The molecule has 0 saturated heterocycles. The number of amides is 1. The fourth-order valence-corrected chi connectivity index (χ4v) is 2.25. The SMILES string of the molecule is N=C/C(=C\N)c1ccncc1/C=C/CC(=O)Nc1ccc(CN)cc1. The van der Waals surface area contributed by atoms with Crippen LogP contribution in [0.2, 0.25) is 0 Å². The molecule has 25 heavy (non-hydrogen) atoms. The summed E-state index contributed by atoms with van der Waals surface area (Å²) in [6.07, 6.45) is 9.63. The van der Waals surface area contributed by atoms with Gasteiger partial charge in [-0.3, -0.25) is 9.78 Å². The molecule has 1 heterocycles. The van der Waals surface area contributed by atoms with E-state index in [1.807, 2.05) is 24.3 Å². The zero-order valence-corrected chi connectivity index (χ0v) is 13.8. The molecule has 0 radical (unpaired) electrons. The number of hydrogen-bond donors (Lipinski definition) is 4. The Labute approximate surface area is 146 Å². The second-order valence-electron chi connectivity index (χ2n) is 5.28. The first-order chi connectivity index (χ1) is 12.2. The number of hydrogen-bond acceptors (Lipinski definition) is 5. The zero-order chi connectivity index (χ0) is 18.1. The molecule has 2 rings (SSSR count). The zero-order valence-electron chi connectivity index (χ0n) is 13.8. The van der Waals surface area contributed by atoms with Crippen LogP contribution in [-0.4, -0.2) is 17.1 Å². The van der Waals surface area contributed by atoms with Crippen molar-refractivity contribution in [3.63, 3.8) is 0 Å². The van der Waals surface area contributed by atoms with E-state index in [0.717, 1.165) is 22.4 Å². The first-order valence-electron chi connectivity index (χ1n) is 7.80. The van der Waals surface area contributed by atoms with Gasteiger partial charge in [0, 0.05) is 54.6 Å². The predicted octanol–water partition coefficient (Wildman–Crippen LogP) is 2.53. The molecule has 1 aromatic heterocycles. The standard InChI is InChI=1S/C19H21N5O/c20-10-14-4-6-17(7-5-14)24-19(25)3-1-2-15-13-23-9-8-18(15)16(11-21)12-22/h1-2,4-9,11-13,21H,3,10,20,22H2,(H,24,25)/b2-1+,16-12+,21-11?. The Hall–Kier alpha value is -3.25. The lowest BCUT2D eigenvalue weighted by molar-refractivity contribution is -0.115. The van der Waals surface area contributed by atoms with E-state index < -0.39 is 0 Å². The fraction of sp³-hybridized carbons (Fsp3) is 0.105. The van der Waals surface area contributed by atoms with Crippen LogP contribution < -0.4 is 16.8 Å². The van der Waals surface area contributed by atoms with E-state index in [9.17, 15) is 4.79 Å². The molecule has 0 bridgehead atoms. The normalized spacial score (nSPS) is 11.5. The third kappa shape index (κ3) is 5.12. The van der Waals surface area contributed by atoms with E-state index in [2.05, 4.69) is 10.3 Å². The first kappa shape index (κ1) is 18.1. The average Bonchev–Trinajstić information content (AvgIpc) is 2.64. The molecular formula is C19H21N5O. The molecule has 6 N–H and O–H groups in total. The van der Waals surface area contributed by atoms with Crippen LogP contribution in [0, 0.1) is 5.41 Å². The number of nitrogens with one attached hydrogen (secondary N) is 2. The number of aromatic nitrogens is 1. The largest absolute Gasteiger partial charge is 0.404 e. The molecule has 0 fully saturated rings. The number of allylic oxidation sites excluding steroid dienone is 1. The topological polar surface area (TPSA) is 118 Å². The summed E-state index contributed by atoms with van der Waals surface area (Å²) in [4.78, 5) is 16.1. The fourth-order valence-electron chi connectivity index (χ4n) is 2.25. The van der Waals surface area contributed by atoms with E-state index in [4.69, 9.17) is 16.9 Å². The van der Waals surface area contributed by atoms with Crippen LogP contribution in [0.25, 0.3) is 11.6 Å². The Bertz CT molecular complexity index is 794. The third-order valence-corrected chi connectivity index (χ3v) is 3.57. The molecule has 1 aromatic carbocycles. The first-order valence-corrected chi connectivity index (χ1v) is 7.80. The van der Waals surface area contributed by atoms with Crippen LogP contribution in [0.15, 0.2) is 55.0 Å². The van der Waals surface area contributed by atoms with E-state index >= 15 is 0 Å². The number of benzene rings is 1. The summed E-state index contributed by atoms with van der Waals surface area (Å²) in [5.41, 5.74) is 15.0. The third-order valence-electron chi connectivity index (χ3n) is 3.57. The van der Waals surface area contributed by atoms with Gasteiger partial charge in [0.15, 0.2) is 0 Å². The van der Waals surface area contributed by atoms with Gasteiger partial charge in [0.25, 0.3) is 0 Å². The molecule has 6 nitrogen and oxygen atoms in total. The van der Waals surface area contributed by atoms with Crippen LogP contribution >= 0.6 is 0 Å². The number of anilines is 1. The van der Waals surface area contributed by atoms with Crippen molar-refractivity contribution in [3.05, 3.63) is 71.7 Å². The second-order valence-corrected chi connectivity index (χ2v) is 5.28. The number of rotatable bonds is 7. The lowest BCUT2D eigenvalue weighted by atomic mass is 10.0. The molecule has 0 saturated carbocycles. The van der Waals surface area contributed by atoms with Gasteiger partial charge in [0.2, 0.25) is 5.91 Å². The van der Waals surface area contributed by atoms with Crippen molar-refractivity contribution in [2.24, 2.45) is 11.5 Å². The highest BCUT2D eigenvalue weighted by atomic mass is 16.1. The molecule has 0 aliphatic rings. The van der Waals surface area contributed by atoms with Crippen LogP contribution in [0.1, 0.15) is 23.1 Å². The number of pyridine rings is 1. The predicted molar refractivity (Wildman–Crippen MR) is 102 cm³/mol. The van der Waals surface area contributed by atoms with Crippen molar-refractivity contribution in [1.82, 2.24) is 4.98 Å². The van der Waals surface area contributed by atoms with Crippen molar-refractivity contribution in [2.45, 2.75) is 13.0 Å². The Kier molecular flexibility index (Phi) is 6.62. The lowest BCUT2D eigenvalue weighted by Crippen LogP contribution is -2.10. The molecule has 6 heteroatoms. The highest BCUT2D eigenvalue weighted by Gasteiger charge is 2.04. The highest BCUT2D eigenvalue weighted by Crippen LogP contribution is 2.17. The van der Waals surface area contributed by atoms with E-state index in [0.29, 0.717) is 12.1 Å². The van der Waals surface area contributed by atoms with E-state index in [1.165, 1.54) is 12.4 Å². The smallest absolute Gasteiger partial charge is 0.228 e. The number of carbonyl (C=O) groups is 1. The van der Waals surface area contributed by atoms with Crippen molar-refractivity contribution < 1.29 is 4.79 Å². The summed E-state index contributed by atoms with van der Waals surface area (Å²) in [5.74, 6) is -0.121. The van der Waals surface area contributed by atoms with Crippen molar-refractivity contribution in [3.8, 4) is 0 Å². The molecule has 128 valence electrons. The Morgan fingerprint density at radius 2 is 2.00 bits per heavy atom. The Balaban J connectivity index is 2.01. The number of carbonyl (C=O) groups excluding carboxylic acids is 1. The molecule has 0 atom stereocenters. The van der Waals surface area contributed by atoms with Gasteiger partial charge in [-0.2, -0.15) is 0 Å². The number of nitrogens with two attached hydrogens (primary N) is 2. The minimum absolute atomic E-state index is 0.121. The van der Waals surface area contributed by atoms with Crippen LogP contribution in [-0.2, 0) is 11.3 Å². The summed E-state index contributed by atoms with van der Waals surface area (Å²) in [7, 11) is 0. The summed E-state index contributed by atoms with van der Waals surface area (Å²) in [6, 6.07) is 9.19. The van der Waals surface area contributed by atoms with Crippen molar-refractivity contribution >= 4 is 29.5 Å². The van der Waals surface area contributed by atoms with Crippen LogP contribution in [0.4, 0.5) is 5.69 Å². The van der Waals surface area contributed by atoms with Gasteiger partial charge < -0.3 is 22.2 Å². The minimum atomic E-state index is -0.121. The van der Waals surface area contributed by atoms with Gasteiger partial charge in [-0.05, 0) is 29.3 Å². The molecule has 0 aliphatic carbocycles. The van der Waals surface area contributed by atoms with Gasteiger partial charge >= 0.3 is 0 Å². The molecular weight excluding hydrogens is 314 g/mol. The minimum Gasteiger partial charge on any atom is -0.404 e. The summed E-state index contributed by atoms with van der Waals surface area (Å²) in [5, 5.41) is 10.2. The second kappa shape index (κ2) is 9.14. The van der Waals surface area contributed by atoms with Gasteiger partial charge in [-0.15, -0.1) is 0 Å². The van der Waals surface area contributed by atoms with Gasteiger partial charge in [-0.25, -0.2) is 0 Å². The maximum absolute atomic E-state index is 12.0. The van der Waals surface area contributed by atoms with Gasteiger partial charge in [-0.1, -0.05) is 24.3 Å². The Morgan fingerprint density at radius 3 is 2.64 bits per heavy atom. The van der Waals surface area contributed by atoms with Gasteiger partial charge in [0.05, 0.1) is 0 Å². The van der Waals surface area contributed by atoms with Crippen LogP contribution in [0.5, 0.6) is 0 Å². The van der Waals surface area contributed by atoms with Gasteiger partial charge in [0.1, 0.15) is 0 Å². The summed E-state index contributed by atoms with van der Waals surface area (Å²) >= 11 is 0. The molecule has 0 unspecified atom stereocenters. The monoisotopic (exact) mass is 335 g/mol.